The molecular weight excluding hydrogens is 527 g/mol. The van der Waals surface area contributed by atoms with Crippen LogP contribution >= 0.6 is 24.0 Å². The standard InChI is InChI=1S/C26H36N4O2.HI/c1-27-26(30-16-11-23(19-30)22-7-9-25(32-2)10-8-22)28-17-20-3-5-21(6-4-20)18-29-14-12-24(31)13-15-29;/h3-10,23-24,31H,11-19H2,1-2H3,(H,27,28);1H. The third-order valence-electron chi connectivity index (χ3n) is 6.72. The van der Waals surface area contributed by atoms with E-state index in [9.17, 15) is 5.11 Å². The molecule has 0 bridgehead atoms. The molecule has 0 aromatic heterocycles. The van der Waals surface area contributed by atoms with Gasteiger partial charge in [-0.15, -0.1) is 24.0 Å². The largest absolute Gasteiger partial charge is 0.497 e. The molecule has 2 aromatic carbocycles. The number of likely N-dealkylation sites (tertiary alicyclic amines) is 2. The average molecular weight is 565 g/mol. The molecule has 0 amide bonds. The monoisotopic (exact) mass is 564 g/mol. The molecule has 7 heteroatoms. The zero-order chi connectivity index (χ0) is 22.3. The number of nitrogens with zero attached hydrogens (tertiary/aromatic N) is 3. The smallest absolute Gasteiger partial charge is 0.193 e. The summed E-state index contributed by atoms with van der Waals surface area (Å²) in [4.78, 5) is 9.31. The molecule has 0 aliphatic carbocycles. The van der Waals surface area contributed by atoms with E-state index in [0.29, 0.717) is 5.92 Å². The second-order valence-electron chi connectivity index (χ2n) is 8.93. The van der Waals surface area contributed by atoms with Crippen molar-refractivity contribution in [2.75, 3.05) is 40.3 Å². The average Bonchev–Trinajstić information content (AvgIpc) is 3.32. The molecule has 180 valence electrons. The number of piperidine rings is 1. The Labute approximate surface area is 215 Å². The van der Waals surface area contributed by atoms with Crippen molar-refractivity contribution < 1.29 is 9.84 Å². The van der Waals surface area contributed by atoms with Crippen molar-refractivity contribution in [1.29, 1.82) is 0 Å². The highest BCUT2D eigenvalue weighted by Gasteiger charge is 2.26. The fourth-order valence-corrected chi connectivity index (χ4v) is 4.71. The van der Waals surface area contributed by atoms with Crippen LogP contribution in [-0.4, -0.2) is 67.3 Å². The van der Waals surface area contributed by atoms with E-state index in [4.69, 9.17) is 4.74 Å². The predicted octanol–water partition coefficient (Wildman–Crippen LogP) is 3.83. The number of guanidine groups is 1. The van der Waals surface area contributed by atoms with Gasteiger partial charge < -0.3 is 20.1 Å². The number of methoxy groups -OCH3 is 1. The number of halogens is 1. The molecule has 2 N–H and O–H groups in total. The summed E-state index contributed by atoms with van der Waals surface area (Å²) in [6.45, 7) is 5.69. The van der Waals surface area contributed by atoms with E-state index in [0.717, 1.165) is 70.2 Å². The second kappa shape index (κ2) is 12.6. The second-order valence-corrected chi connectivity index (χ2v) is 8.93. The Morgan fingerprint density at radius 3 is 2.30 bits per heavy atom. The minimum Gasteiger partial charge on any atom is -0.497 e. The summed E-state index contributed by atoms with van der Waals surface area (Å²) >= 11 is 0. The van der Waals surface area contributed by atoms with Gasteiger partial charge in [-0.1, -0.05) is 36.4 Å². The first-order chi connectivity index (χ1) is 15.6. The highest BCUT2D eigenvalue weighted by atomic mass is 127. The van der Waals surface area contributed by atoms with Gasteiger partial charge in [0.2, 0.25) is 0 Å². The molecule has 0 spiro atoms. The number of aliphatic hydroxyl groups is 1. The minimum absolute atomic E-state index is 0. The molecule has 1 atom stereocenters. The maximum atomic E-state index is 9.67. The summed E-state index contributed by atoms with van der Waals surface area (Å²) in [6.07, 6.45) is 2.79. The number of aliphatic imine (C=N–C) groups is 1. The Bertz CT molecular complexity index is 880. The lowest BCUT2D eigenvalue weighted by Crippen LogP contribution is -2.39. The van der Waals surface area contributed by atoms with Crippen molar-refractivity contribution in [2.24, 2.45) is 4.99 Å². The summed E-state index contributed by atoms with van der Waals surface area (Å²) < 4.78 is 5.28. The molecule has 4 rings (SSSR count). The maximum Gasteiger partial charge on any atom is 0.193 e. The SMILES string of the molecule is CN=C(NCc1ccc(CN2CCC(O)CC2)cc1)N1CCC(c2ccc(OC)cc2)C1.I. The van der Waals surface area contributed by atoms with Crippen molar-refractivity contribution in [3.63, 3.8) is 0 Å². The van der Waals surface area contributed by atoms with Crippen LogP contribution in [0.3, 0.4) is 0 Å². The summed E-state index contributed by atoms with van der Waals surface area (Å²) in [7, 11) is 3.57. The maximum absolute atomic E-state index is 9.67. The van der Waals surface area contributed by atoms with E-state index >= 15 is 0 Å². The molecule has 0 saturated carbocycles. The number of nitrogens with one attached hydrogen (secondary N) is 1. The Hall–Kier alpha value is -1.84. The van der Waals surface area contributed by atoms with E-state index in [1.807, 2.05) is 19.2 Å². The molecule has 2 fully saturated rings. The van der Waals surface area contributed by atoms with E-state index in [1.165, 1.54) is 16.7 Å². The van der Waals surface area contributed by atoms with Crippen LogP contribution < -0.4 is 10.1 Å². The number of benzene rings is 2. The fourth-order valence-electron chi connectivity index (χ4n) is 4.71. The normalized spacial score (nSPS) is 19.9. The van der Waals surface area contributed by atoms with Crippen LogP contribution in [0.4, 0.5) is 0 Å². The van der Waals surface area contributed by atoms with Gasteiger partial charge in [0.1, 0.15) is 5.75 Å². The van der Waals surface area contributed by atoms with Crippen molar-refractivity contribution in [2.45, 2.75) is 44.4 Å². The lowest BCUT2D eigenvalue weighted by Gasteiger charge is -2.29. The Morgan fingerprint density at radius 2 is 1.67 bits per heavy atom. The van der Waals surface area contributed by atoms with Gasteiger partial charge in [0.25, 0.3) is 0 Å². The Kier molecular flexibility index (Phi) is 9.82. The van der Waals surface area contributed by atoms with E-state index < -0.39 is 0 Å². The van der Waals surface area contributed by atoms with Gasteiger partial charge in [-0.05, 0) is 48.1 Å². The molecule has 0 radical (unpaired) electrons. The van der Waals surface area contributed by atoms with Crippen molar-refractivity contribution in [3.8, 4) is 5.75 Å². The molecule has 2 saturated heterocycles. The zero-order valence-electron chi connectivity index (χ0n) is 19.7. The lowest BCUT2D eigenvalue weighted by atomic mass is 9.98. The van der Waals surface area contributed by atoms with Crippen LogP contribution in [0.1, 0.15) is 41.9 Å². The van der Waals surface area contributed by atoms with Gasteiger partial charge in [-0.2, -0.15) is 0 Å². The van der Waals surface area contributed by atoms with E-state index in [2.05, 4.69) is 56.5 Å². The molecule has 2 aromatic rings. The zero-order valence-corrected chi connectivity index (χ0v) is 22.1. The lowest BCUT2D eigenvalue weighted by molar-refractivity contribution is 0.0792. The van der Waals surface area contributed by atoms with Crippen LogP contribution in [0.25, 0.3) is 0 Å². The van der Waals surface area contributed by atoms with Crippen LogP contribution in [0.5, 0.6) is 5.75 Å². The molecule has 6 nitrogen and oxygen atoms in total. The first kappa shape index (κ1) is 25.8. The van der Waals surface area contributed by atoms with Crippen LogP contribution in [-0.2, 0) is 13.1 Å². The van der Waals surface area contributed by atoms with Gasteiger partial charge in [0, 0.05) is 52.2 Å². The summed E-state index contributed by atoms with van der Waals surface area (Å²) in [5, 5.41) is 13.2. The highest BCUT2D eigenvalue weighted by Crippen LogP contribution is 2.28. The summed E-state index contributed by atoms with van der Waals surface area (Å²) in [6, 6.07) is 17.3. The Balaban J connectivity index is 0.00000306. The first-order valence-corrected chi connectivity index (χ1v) is 11.7. The number of hydrogen-bond donors (Lipinski definition) is 2. The Morgan fingerprint density at radius 1 is 1.00 bits per heavy atom. The topological polar surface area (TPSA) is 60.3 Å². The van der Waals surface area contributed by atoms with Gasteiger partial charge in [-0.25, -0.2) is 0 Å². The minimum atomic E-state index is -0.115. The van der Waals surface area contributed by atoms with Crippen LogP contribution in [0.15, 0.2) is 53.5 Å². The van der Waals surface area contributed by atoms with Gasteiger partial charge >= 0.3 is 0 Å². The number of aliphatic hydroxyl groups excluding tert-OH is 1. The molecular formula is C26H37IN4O2. The van der Waals surface area contributed by atoms with Crippen LogP contribution in [0.2, 0.25) is 0 Å². The van der Waals surface area contributed by atoms with Gasteiger partial charge in [0.15, 0.2) is 5.96 Å². The highest BCUT2D eigenvalue weighted by molar-refractivity contribution is 14.0. The van der Waals surface area contributed by atoms with Gasteiger partial charge in [-0.3, -0.25) is 9.89 Å². The number of ether oxygens (including phenoxy) is 1. The quantitative estimate of drug-likeness (QED) is 0.318. The summed E-state index contributed by atoms with van der Waals surface area (Å²) in [5.41, 5.74) is 3.95. The van der Waals surface area contributed by atoms with Crippen molar-refractivity contribution in [1.82, 2.24) is 15.1 Å². The van der Waals surface area contributed by atoms with Gasteiger partial charge in [0.05, 0.1) is 13.2 Å². The summed E-state index contributed by atoms with van der Waals surface area (Å²) in [5.74, 6) is 2.40. The first-order valence-electron chi connectivity index (χ1n) is 11.7. The molecule has 33 heavy (non-hydrogen) atoms. The number of hydrogen-bond acceptors (Lipinski definition) is 4. The van der Waals surface area contributed by atoms with Crippen molar-refractivity contribution in [3.05, 3.63) is 65.2 Å². The fraction of sp³-hybridized carbons (Fsp3) is 0.500. The van der Waals surface area contributed by atoms with Crippen molar-refractivity contribution >= 4 is 29.9 Å². The third kappa shape index (κ3) is 7.07. The van der Waals surface area contributed by atoms with E-state index in [1.54, 1.807) is 7.11 Å². The molecule has 2 heterocycles. The molecule has 2 aliphatic rings. The molecule has 1 unspecified atom stereocenters. The van der Waals surface area contributed by atoms with E-state index in [-0.39, 0.29) is 30.1 Å². The molecule has 2 aliphatic heterocycles. The third-order valence-corrected chi connectivity index (χ3v) is 6.72. The predicted molar refractivity (Wildman–Crippen MR) is 144 cm³/mol. The number of rotatable bonds is 6. The van der Waals surface area contributed by atoms with Crippen LogP contribution in [0, 0.1) is 0 Å².